The maximum Gasteiger partial charge on any atom is 0.248 e. The lowest BCUT2D eigenvalue weighted by Crippen LogP contribution is -2.44. The second-order valence-electron chi connectivity index (χ2n) is 7.80. The van der Waals surface area contributed by atoms with Gasteiger partial charge in [-0.2, -0.15) is 4.31 Å². The van der Waals surface area contributed by atoms with Crippen LogP contribution in [0.4, 0.5) is 8.78 Å². The number of halogens is 2. The Morgan fingerprint density at radius 2 is 1.94 bits per heavy atom. The molecule has 1 aromatic carbocycles. The largest absolute Gasteiger partial charge is 0.355 e. The Kier molecular flexibility index (Phi) is 6.90. The molecule has 0 bridgehead atoms. The van der Waals surface area contributed by atoms with Crippen molar-refractivity contribution in [1.29, 1.82) is 0 Å². The molecule has 1 saturated heterocycles. The Morgan fingerprint density at radius 1 is 1.26 bits per heavy atom. The summed E-state index contributed by atoms with van der Waals surface area (Å²) in [7, 11) is -3.93. The molecule has 3 rings (SSSR count). The van der Waals surface area contributed by atoms with E-state index in [2.05, 4.69) is 10.5 Å². The molecule has 0 saturated carbocycles. The van der Waals surface area contributed by atoms with Gasteiger partial charge in [0.25, 0.3) is 0 Å². The fourth-order valence-electron chi connectivity index (χ4n) is 3.49. The van der Waals surface area contributed by atoms with Crippen LogP contribution >= 0.6 is 0 Å². The van der Waals surface area contributed by atoms with Gasteiger partial charge < -0.3 is 9.84 Å². The van der Waals surface area contributed by atoms with Crippen LogP contribution in [0.2, 0.25) is 0 Å². The minimum atomic E-state index is -3.93. The van der Waals surface area contributed by atoms with Gasteiger partial charge in [0.2, 0.25) is 15.9 Å². The number of hydrogen-bond donors (Lipinski definition) is 1. The van der Waals surface area contributed by atoms with E-state index in [9.17, 15) is 22.0 Å². The minimum Gasteiger partial charge on any atom is -0.355 e. The van der Waals surface area contributed by atoms with Crippen LogP contribution in [0, 0.1) is 24.5 Å². The van der Waals surface area contributed by atoms with E-state index in [1.165, 1.54) is 29.4 Å². The smallest absolute Gasteiger partial charge is 0.248 e. The first-order chi connectivity index (χ1) is 14.6. The lowest BCUT2D eigenvalue weighted by Gasteiger charge is -2.30. The Morgan fingerprint density at radius 3 is 2.55 bits per heavy atom. The molecule has 7 nitrogen and oxygen atoms in total. The molecule has 1 amide bonds. The van der Waals surface area contributed by atoms with Gasteiger partial charge in [-0.25, -0.2) is 17.2 Å². The molecule has 1 aliphatic rings. The normalized spacial score (nSPS) is 16.3. The third-order valence-electron chi connectivity index (χ3n) is 5.06. The Bertz CT molecular complexity index is 1090. The van der Waals surface area contributed by atoms with Gasteiger partial charge in [0.05, 0.1) is 0 Å². The van der Waals surface area contributed by atoms with Crippen molar-refractivity contribution in [3.05, 3.63) is 46.9 Å². The number of carbonyl (C=O) groups excluding carboxylic acids is 1. The molecule has 0 radical (unpaired) electrons. The predicted molar refractivity (Wildman–Crippen MR) is 111 cm³/mol. The lowest BCUT2D eigenvalue weighted by atomic mass is 9.97. The summed E-state index contributed by atoms with van der Waals surface area (Å²) in [5.41, 5.74) is 0.259. The van der Waals surface area contributed by atoms with Crippen LogP contribution in [-0.2, 0) is 14.8 Å². The average Bonchev–Trinajstić information content (AvgIpc) is 3.08. The SMILES string of the molecule is Cc1noc(/C=C/c2ccc(F)cc2F)c1S(=O)(=O)N1CCC(C(=O)NC(C)C)CC1. The zero-order valence-corrected chi connectivity index (χ0v) is 18.4. The molecular weight excluding hydrogens is 428 g/mol. The van der Waals surface area contributed by atoms with Crippen molar-refractivity contribution in [3.63, 3.8) is 0 Å². The topological polar surface area (TPSA) is 92.5 Å². The summed E-state index contributed by atoms with van der Waals surface area (Å²) in [4.78, 5) is 12.1. The fourth-order valence-corrected chi connectivity index (χ4v) is 5.21. The molecule has 10 heteroatoms. The van der Waals surface area contributed by atoms with Crippen LogP contribution in [0.15, 0.2) is 27.6 Å². The van der Waals surface area contributed by atoms with E-state index < -0.39 is 21.7 Å². The molecule has 1 fully saturated rings. The number of hydrogen-bond acceptors (Lipinski definition) is 5. The van der Waals surface area contributed by atoms with Gasteiger partial charge >= 0.3 is 0 Å². The Labute approximate surface area is 180 Å². The highest BCUT2D eigenvalue weighted by Crippen LogP contribution is 2.29. The Balaban J connectivity index is 1.79. The molecule has 0 aliphatic carbocycles. The van der Waals surface area contributed by atoms with Crippen LogP contribution in [0.25, 0.3) is 12.2 Å². The molecule has 1 aromatic heterocycles. The van der Waals surface area contributed by atoms with Crippen molar-refractivity contribution in [2.24, 2.45) is 5.92 Å². The maximum atomic E-state index is 13.9. The van der Waals surface area contributed by atoms with Gasteiger partial charge in [-0.15, -0.1) is 0 Å². The standard InChI is InChI=1S/C21H25F2N3O4S/c1-13(2)24-21(27)16-8-10-26(11-9-16)31(28,29)20-14(3)25-30-19(20)7-5-15-4-6-17(22)12-18(15)23/h4-7,12-13,16H,8-11H2,1-3H3,(H,24,27)/b7-5+. The van der Waals surface area contributed by atoms with Gasteiger partial charge in [0, 0.05) is 36.7 Å². The first-order valence-corrected chi connectivity index (χ1v) is 11.4. The molecule has 1 N–H and O–H groups in total. The second kappa shape index (κ2) is 9.27. The molecule has 0 spiro atoms. The highest BCUT2D eigenvalue weighted by atomic mass is 32.2. The summed E-state index contributed by atoms with van der Waals surface area (Å²) in [5.74, 6) is -1.84. The number of benzene rings is 1. The van der Waals surface area contributed by atoms with Crippen molar-refractivity contribution in [2.45, 2.75) is 44.6 Å². The number of nitrogens with one attached hydrogen (secondary N) is 1. The third kappa shape index (κ3) is 5.19. The number of nitrogens with zero attached hydrogens (tertiary/aromatic N) is 2. The summed E-state index contributed by atoms with van der Waals surface area (Å²) < 4.78 is 59.9. The number of sulfonamides is 1. The molecule has 0 atom stereocenters. The molecule has 31 heavy (non-hydrogen) atoms. The number of carbonyl (C=O) groups is 1. The summed E-state index contributed by atoms with van der Waals surface area (Å²) in [5, 5.41) is 6.61. The highest BCUT2D eigenvalue weighted by Gasteiger charge is 2.36. The van der Waals surface area contributed by atoms with E-state index in [0.29, 0.717) is 12.8 Å². The summed E-state index contributed by atoms with van der Waals surface area (Å²) >= 11 is 0. The van der Waals surface area contributed by atoms with Gasteiger partial charge in [-0.3, -0.25) is 4.79 Å². The number of amides is 1. The third-order valence-corrected chi connectivity index (χ3v) is 7.12. The van der Waals surface area contributed by atoms with E-state index >= 15 is 0 Å². The zero-order valence-electron chi connectivity index (χ0n) is 17.6. The monoisotopic (exact) mass is 453 g/mol. The van der Waals surface area contributed by atoms with E-state index in [1.807, 2.05) is 13.8 Å². The van der Waals surface area contributed by atoms with E-state index in [0.717, 1.165) is 12.1 Å². The van der Waals surface area contributed by atoms with Gasteiger partial charge in [-0.1, -0.05) is 5.16 Å². The molecule has 2 aromatic rings. The van der Waals surface area contributed by atoms with E-state index in [1.54, 1.807) is 0 Å². The molecule has 0 unspecified atom stereocenters. The average molecular weight is 454 g/mol. The Hall–Kier alpha value is -2.59. The minimum absolute atomic E-state index is 0.0224. The van der Waals surface area contributed by atoms with E-state index in [4.69, 9.17) is 4.52 Å². The zero-order chi connectivity index (χ0) is 22.8. The number of aromatic nitrogens is 1. The second-order valence-corrected chi connectivity index (χ2v) is 9.68. The molecule has 2 heterocycles. The summed E-state index contributed by atoms with van der Waals surface area (Å²) in [6, 6.07) is 3.11. The predicted octanol–water partition coefficient (Wildman–Crippen LogP) is 3.36. The van der Waals surface area contributed by atoms with Crippen molar-refractivity contribution < 1.29 is 26.5 Å². The van der Waals surface area contributed by atoms with Crippen molar-refractivity contribution >= 4 is 28.1 Å². The molecule has 1 aliphatic heterocycles. The highest BCUT2D eigenvalue weighted by molar-refractivity contribution is 7.89. The van der Waals surface area contributed by atoms with Crippen LogP contribution in [0.3, 0.4) is 0 Å². The fraction of sp³-hybridized carbons (Fsp3) is 0.429. The van der Waals surface area contributed by atoms with Crippen LogP contribution in [0.1, 0.15) is 43.7 Å². The van der Waals surface area contributed by atoms with Crippen molar-refractivity contribution in [3.8, 4) is 0 Å². The van der Waals surface area contributed by atoms with Crippen LogP contribution < -0.4 is 5.32 Å². The first kappa shape index (κ1) is 23.1. The summed E-state index contributed by atoms with van der Waals surface area (Å²) in [6.45, 7) is 5.64. The van der Waals surface area contributed by atoms with Gasteiger partial charge in [0.1, 0.15) is 17.3 Å². The quantitative estimate of drug-likeness (QED) is 0.724. The van der Waals surface area contributed by atoms with Crippen LogP contribution in [0.5, 0.6) is 0 Å². The number of piperidine rings is 1. The van der Waals surface area contributed by atoms with Crippen molar-refractivity contribution in [2.75, 3.05) is 13.1 Å². The number of aryl methyl sites for hydroxylation is 1. The maximum absolute atomic E-state index is 13.9. The summed E-state index contributed by atoms with van der Waals surface area (Å²) in [6.07, 6.45) is 3.42. The molecular formula is C21H25F2N3O4S. The van der Waals surface area contributed by atoms with Gasteiger partial charge in [0.15, 0.2) is 10.7 Å². The molecule has 168 valence electrons. The lowest BCUT2D eigenvalue weighted by molar-refractivity contribution is -0.126. The first-order valence-electron chi connectivity index (χ1n) is 9.99. The van der Waals surface area contributed by atoms with Crippen molar-refractivity contribution in [1.82, 2.24) is 14.8 Å². The van der Waals surface area contributed by atoms with Crippen LogP contribution in [-0.4, -0.2) is 42.9 Å². The number of rotatable bonds is 6. The van der Waals surface area contributed by atoms with E-state index in [-0.39, 0.29) is 52.9 Å². The van der Waals surface area contributed by atoms with Gasteiger partial charge in [-0.05, 0) is 57.9 Å².